The number of hydrogen-bond donors (Lipinski definition) is 0. The molecule has 36 heavy (non-hydrogen) atoms. The summed E-state index contributed by atoms with van der Waals surface area (Å²) in [6.45, 7) is 6.57. The highest BCUT2D eigenvalue weighted by Crippen LogP contribution is 2.15. The minimum absolute atomic E-state index is 0.0605. The van der Waals surface area contributed by atoms with Crippen molar-refractivity contribution in [2.24, 2.45) is 4.99 Å². The molecular weight excluding hydrogens is 458 g/mol. The number of aromatic nitrogens is 3. The van der Waals surface area contributed by atoms with Gasteiger partial charge in [0.1, 0.15) is 23.1 Å². The Kier molecular flexibility index (Phi) is 7.27. The highest BCUT2D eigenvalue weighted by Gasteiger charge is 2.16. The van der Waals surface area contributed by atoms with Crippen molar-refractivity contribution in [2.75, 3.05) is 13.7 Å². The van der Waals surface area contributed by atoms with Crippen molar-refractivity contribution in [2.45, 2.75) is 39.8 Å². The average molecular weight is 486 g/mol. The number of pyridine rings is 2. The van der Waals surface area contributed by atoms with Crippen LogP contribution in [0.3, 0.4) is 0 Å². The van der Waals surface area contributed by atoms with Crippen LogP contribution in [0, 0.1) is 18.3 Å². The molecule has 9 nitrogen and oxygen atoms in total. The molecule has 184 valence electrons. The van der Waals surface area contributed by atoms with E-state index < -0.39 is 5.91 Å². The fourth-order valence-electron chi connectivity index (χ4n) is 3.96. The van der Waals surface area contributed by atoms with Crippen LogP contribution >= 0.6 is 0 Å². The molecule has 0 N–H and O–H groups in total. The highest BCUT2D eigenvalue weighted by molar-refractivity contribution is 5.95. The van der Waals surface area contributed by atoms with Crippen LogP contribution in [0.1, 0.15) is 41.8 Å². The zero-order chi connectivity index (χ0) is 25.8. The molecule has 0 aliphatic carbocycles. The van der Waals surface area contributed by atoms with Crippen LogP contribution in [0.25, 0.3) is 16.7 Å². The molecule has 4 rings (SSSR count). The zero-order valence-electron chi connectivity index (χ0n) is 20.7. The van der Waals surface area contributed by atoms with E-state index in [1.54, 1.807) is 41.1 Å². The van der Waals surface area contributed by atoms with Gasteiger partial charge in [0.2, 0.25) is 0 Å². The number of aryl methyl sites for hydroxylation is 2. The van der Waals surface area contributed by atoms with Crippen LogP contribution in [-0.4, -0.2) is 39.7 Å². The van der Waals surface area contributed by atoms with Gasteiger partial charge in [0.25, 0.3) is 11.5 Å². The van der Waals surface area contributed by atoms with Gasteiger partial charge in [-0.15, -0.1) is 0 Å². The Morgan fingerprint density at radius 1 is 1.19 bits per heavy atom. The quantitative estimate of drug-likeness (QED) is 0.293. The maximum atomic E-state index is 13.4. The van der Waals surface area contributed by atoms with Crippen molar-refractivity contribution in [3.05, 3.63) is 81.2 Å². The summed E-state index contributed by atoms with van der Waals surface area (Å²) in [5, 5.41) is 10.2. The maximum Gasteiger partial charge on any atom is 0.279 e. The first kappa shape index (κ1) is 24.8. The number of amides is 1. The first-order chi connectivity index (χ1) is 17.3. The number of fused-ring (bicyclic) bond motifs is 2. The lowest BCUT2D eigenvalue weighted by Crippen LogP contribution is -2.30. The molecule has 0 aliphatic heterocycles. The van der Waals surface area contributed by atoms with Crippen LogP contribution < -0.4 is 15.8 Å². The van der Waals surface area contributed by atoms with Gasteiger partial charge in [0.15, 0.2) is 5.49 Å². The molecule has 0 fully saturated rings. The van der Waals surface area contributed by atoms with Gasteiger partial charge in [-0.05, 0) is 63.1 Å². The lowest BCUT2D eigenvalue weighted by Gasteiger charge is -2.15. The van der Waals surface area contributed by atoms with Crippen LogP contribution in [0.4, 0.5) is 0 Å². The maximum absolute atomic E-state index is 13.4. The van der Waals surface area contributed by atoms with Gasteiger partial charge in [-0.3, -0.25) is 14.0 Å². The first-order valence-electron chi connectivity index (χ1n) is 11.6. The van der Waals surface area contributed by atoms with Gasteiger partial charge < -0.3 is 14.0 Å². The van der Waals surface area contributed by atoms with Gasteiger partial charge in [-0.2, -0.15) is 10.3 Å². The normalized spacial score (nSPS) is 11.8. The van der Waals surface area contributed by atoms with Gasteiger partial charge >= 0.3 is 0 Å². The Hall–Kier alpha value is -4.29. The molecule has 9 heteroatoms. The number of methoxy groups -OCH3 is 1. The molecule has 1 aromatic carbocycles. The molecule has 3 heterocycles. The summed E-state index contributed by atoms with van der Waals surface area (Å²) in [5.74, 6) is -0.0176. The van der Waals surface area contributed by atoms with Crippen molar-refractivity contribution < 1.29 is 14.3 Å². The smallest absolute Gasteiger partial charge is 0.279 e. The number of nitriles is 1. The summed E-state index contributed by atoms with van der Waals surface area (Å²) >= 11 is 0. The molecule has 4 aromatic rings. The number of rotatable bonds is 7. The number of benzene rings is 1. The SMILES string of the molecule is COc1cccc(C(=O)N=c2c(C#N)cc3c(=O)n4cccc(C)c4nc3n2CCCOC(C)C)c1. The van der Waals surface area contributed by atoms with E-state index in [0.717, 1.165) is 5.56 Å². The number of carbonyl (C=O) groups excluding carboxylic acids is 1. The summed E-state index contributed by atoms with van der Waals surface area (Å²) < 4.78 is 14.0. The van der Waals surface area contributed by atoms with E-state index in [1.807, 2.05) is 26.8 Å². The topological polar surface area (TPSA) is 111 Å². The van der Waals surface area contributed by atoms with Crippen molar-refractivity contribution in [3.63, 3.8) is 0 Å². The zero-order valence-corrected chi connectivity index (χ0v) is 20.7. The number of hydrogen-bond acceptors (Lipinski definition) is 6. The molecule has 0 radical (unpaired) electrons. The Bertz CT molecular complexity index is 1630. The minimum Gasteiger partial charge on any atom is -0.497 e. The predicted molar refractivity (Wildman–Crippen MR) is 135 cm³/mol. The number of nitrogens with zero attached hydrogens (tertiary/aromatic N) is 5. The fourth-order valence-corrected chi connectivity index (χ4v) is 3.96. The number of carbonyl (C=O) groups is 1. The molecule has 0 saturated heterocycles. The van der Waals surface area contributed by atoms with E-state index in [4.69, 9.17) is 14.5 Å². The molecular formula is C27H27N5O4. The van der Waals surface area contributed by atoms with Crippen LogP contribution in [-0.2, 0) is 11.3 Å². The van der Waals surface area contributed by atoms with Crippen LogP contribution in [0.5, 0.6) is 5.75 Å². The predicted octanol–water partition coefficient (Wildman–Crippen LogP) is 3.39. The lowest BCUT2D eigenvalue weighted by molar-refractivity contribution is 0.0748. The molecule has 3 aromatic heterocycles. The molecule has 1 amide bonds. The Balaban J connectivity index is 1.99. The summed E-state index contributed by atoms with van der Waals surface area (Å²) in [6.07, 6.45) is 2.27. The van der Waals surface area contributed by atoms with Gasteiger partial charge in [0, 0.05) is 24.9 Å². The molecule has 0 spiro atoms. The second-order valence-corrected chi connectivity index (χ2v) is 8.61. The van der Waals surface area contributed by atoms with Crippen molar-refractivity contribution in [1.29, 1.82) is 5.26 Å². The van der Waals surface area contributed by atoms with Crippen LogP contribution in [0.15, 0.2) is 58.4 Å². The molecule has 0 unspecified atom stereocenters. The van der Waals surface area contributed by atoms with Gasteiger partial charge in [0.05, 0.1) is 24.2 Å². The minimum atomic E-state index is -0.536. The van der Waals surface area contributed by atoms with Crippen LogP contribution in [0.2, 0.25) is 0 Å². The van der Waals surface area contributed by atoms with Crippen molar-refractivity contribution in [1.82, 2.24) is 14.0 Å². The molecule has 0 atom stereocenters. The number of ether oxygens (including phenoxy) is 2. The van der Waals surface area contributed by atoms with E-state index in [9.17, 15) is 14.9 Å². The third-order valence-corrected chi connectivity index (χ3v) is 5.73. The molecule has 0 aliphatic rings. The van der Waals surface area contributed by atoms with E-state index in [1.165, 1.54) is 17.6 Å². The standard InChI is InChI=1S/C27H27N5O4/c1-17(2)36-13-7-12-31-24(30-26(33)19-9-5-10-21(14-19)35-4)20(16-28)15-22-25(31)29-23-18(3)8-6-11-32(23)27(22)34/h5-6,8-11,14-15,17H,7,12-13H2,1-4H3. The third-order valence-electron chi connectivity index (χ3n) is 5.73. The summed E-state index contributed by atoms with van der Waals surface area (Å²) in [6, 6.07) is 13.8. The van der Waals surface area contributed by atoms with E-state index in [2.05, 4.69) is 11.1 Å². The lowest BCUT2D eigenvalue weighted by atomic mass is 10.2. The van der Waals surface area contributed by atoms with E-state index >= 15 is 0 Å². The Morgan fingerprint density at radius 3 is 2.72 bits per heavy atom. The summed E-state index contributed by atoms with van der Waals surface area (Å²) in [4.78, 5) is 35.6. The highest BCUT2D eigenvalue weighted by atomic mass is 16.5. The van der Waals surface area contributed by atoms with Gasteiger partial charge in [-0.25, -0.2) is 4.98 Å². The second kappa shape index (κ2) is 10.5. The van der Waals surface area contributed by atoms with E-state index in [-0.39, 0.29) is 28.1 Å². The van der Waals surface area contributed by atoms with Crippen molar-refractivity contribution in [3.8, 4) is 11.8 Å². The first-order valence-corrected chi connectivity index (χ1v) is 11.6. The largest absolute Gasteiger partial charge is 0.497 e. The summed E-state index contributed by atoms with van der Waals surface area (Å²) in [5.41, 5.74) is 1.94. The summed E-state index contributed by atoms with van der Waals surface area (Å²) in [7, 11) is 1.52. The Labute approximate surface area is 207 Å². The Morgan fingerprint density at radius 2 is 2.00 bits per heavy atom. The fraction of sp³-hybridized carbons (Fsp3) is 0.296. The third kappa shape index (κ3) is 4.90. The second-order valence-electron chi connectivity index (χ2n) is 8.61. The molecule has 0 bridgehead atoms. The average Bonchev–Trinajstić information content (AvgIpc) is 2.88. The molecule has 0 saturated carbocycles. The van der Waals surface area contributed by atoms with Gasteiger partial charge in [-0.1, -0.05) is 12.1 Å². The monoisotopic (exact) mass is 485 g/mol. The van der Waals surface area contributed by atoms with E-state index in [0.29, 0.717) is 42.2 Å². The van der Waals surface area contributed by atoms with Crippen molar-refractivity contribution >= 4 is 22.6 Å².